The molecule has 1 N–H and O–H groups in total. The fraction of sp³-hybridized carbons (Fsp3) is 0.714. The number of anilines is 1. The lowest BCUT2D eigenvalue weighted by molar-refractivity contribution is -0.135. The molecule has 0 bridgehead atoms. The lowest BCUT2D eigenvalue weighted by atomic mass is 10.3. The van der Waals surface area contributed by atoms with E-state index in [1.54, 1.807) is 0 Å². The molecule has 2 rings (SSSR count). The zero-order valence-corrected chi connectivity index (χ0v) is 13.1. The number of amides is 1. The average molecular weight is 295 g/mol. The molecule has 1 fully saturated rings. The Labute approximate surface area is 125 Å². The number of imidazole rings is 1. The van der Waals surface area contributed by atoms with E-state index in [9.17, 15) is 4.79 Å². The summed E-state index contributed by atoms with van der Waals surface area (Å²) >= 11 is 0. The van der Waals surface area contributed by atoms with Gasteiger partial charge in [-0.3, -0.25) is 4.79 Å². The van der Waals surface area contributed by atoms with Crippen LogP contribution >= 0.6 is 0 Å². The number of aromatic nitrogens is 2. The molecule has 1 amide bonds. The van der Waals surface area contributed by atoms with Crippen molar-refractivity contribution in [3.8, 4) is 0 Å². The van der Waals surface area contributed by atoms with Gasteiger partial charge in [-0.2, -0.15) is 0 Å². The highest BCUT2D eigenvalue weighted by Crippen LogP contribution is 2.10. The molecule has 1 aliphatic rings. The zero-order chi connectivity index (χ0) is 15.2. The molecule has 0 saturated carbocycles. The zero-order valence-electron chi connectivity index (χ0n) is 13.1. The molecule has 21 heavy (non-hydrogen) atoms. The van der Waals surface area contributed by atoms with E-state index in [0.29, 0.717) is 45.8 Å². The third-order valence-corrected chi connectivity index (χ3v) is 3.65. The molecule has 1 aromatic rings. The number of nitrogens with zero attached hydrogens (tertiary/aromatic N) is 4. The summed E-state index contributed by atoms with van der Waals surface area (Å²) in [5.74, 6) is 1.13. The summed E-state index contributed by atoms with van der Waals surface area (Å²) < 4.78 is 7.30. The lowest BCUT2D eigenvalue weighted by Crippen LogP contribution is -2.41. The van der Waals surface area contributed by atoms with Crippen molar-refractivity contribution in [1.29, 1.82) is 0 Å². The van der Waals surface area contributed by atoms with Crippen molar-refractivity contribution in [3.63, 3.8) is 0 Å². The van der Waals surface area contributed by atoms with Gasteiger partial charge < -0.3 is 24.4 Å². The van der Waals surface area contributed by atoms with Crippen LogP contribution in [0.1, 0.15) is 12.1 Å². The number of ether oxygens (including phenoxy) is 1. The maximum atomic E-state index is 12.0. The minimum absolute atomic E-state index is 0.199. The van der Waals surface area contributed by atoms with Crippen molar-refractivity contribution >= 4 is 11.9 Å². The number of hydrogen-bond acceptors (Lipinski definition) is 5. The molecule has 1 aromatic heterocycles. The average Bonchev–Trinajstić information content (AvgIpc) is 2.85. The number of morpholine rings is 1. The third-order valence-electron chi connectivity index (χ3n) is 3.65. The van der Waals surface area contributed by atoms with Crippen LogP contribution in [0.5, 0.6) is 0 Å². The number of carbonyl (C=O) groups is 1. The first-order chi connectivity index (χ1) is 10.1. The lowest BCUT2D eigenvalue weighted by Gasteiger charge is -2.26. The molecule has 0 atom stereocenters. The van der Waals surface area contributed by atoms with E-state index in [4.69, 9.17) is 4.74 Å². The predicted molar refractivity (Wildman–Crippen MR) is 81.3 cm³/mol. The molecule has 0 aliphatic carbocycles. The van der Waals surface area contributed by atoms with Gasteiger partial charge in [-0.25, -0.2) is 4.98 Å². The number of rotatable bonds is 6. The monoisotopic (exact) mass is 295 g/mol. The molecule has 1 aliphatic heterocycles. The Balaban J connectivity index is 1.71. The molecule has 0 unspecified atom stereocenters. The minimum atomic E-state index is 0.199. The Morgan fingerprint density at radius 3 is 2.76 bits per heavy atom. The van der Waals surface area contributed by atoms with Crippen molar-refractivity contribution in [3.05, 3.63) is 11.9 Å². The first-order valence-electron chi connectivity index (χ1n) is 7.33. The maximum absolute atomic E-state index is 12.0. The highest BCUT2D eigenvalue weighted by atomic mass is 16.5. The van der Waals surface area contributed by atoms with Crippen LogP contribution in [-0.4, -0.2) is 67.3 Å². The van der Waals surface area contributed by atoms with Crippen LogP contribution in [0.25, 0.3) is 0 Å². The van der Waals surface area contributed by atoms with E-state index in [-0.39, 0.29) is 5.91 Å². The Kier molecular flexibility index (Phi) is 5.58. The van der Waals surface area contributed by atoms with Crippen LogP contribution in [-0.2, 0) is 23.1 Å². The summed E-state index contributed by atoms with van der Waals surface area (Å²) in [5.41, 5.74) is 1.11. The van der Waals surface area contributed by atoms with Crippen molar-refractivity contribution in [2.24, 2.45) is 7.05 Å². The second-order valence-corrected chi connectivity index (χ2v) is 5.42. The SMILES string of the molecule is CN(C)c1ncc(CNCCC(=O)N2CCOCC2)n1C. The topological polar surface area (TPSA) is 62.6 Å². The normalized spacial score (nSPS) is 15.3. The summed E-state index contributed by atoms with van der Waals surface area (Å²) in [4.78, 5) is 20.2. The molecule has 7 nitrogen and oxygen atoms in total. The number of carbonyl (C=O) groups excluding carboxylic acids is 1. The molecule has 0 spiro atoms. The summed E-state index contributed by atoms with van der Waals surface area (Å²) in [7, 11) is 5.94. The second-order valence-electron chi connectivity index (χ2n) is 5.42. The van der Waals surface area contributed by atoms with E-state index < -0.39 is 0 Å². The van der Waals surface area contributed by atoms with Gasteiger partial charge in [0.05, 0.1) is 25.1 Å². The summed E-state index contributed by atoms with van der Waals surface area (Å²) in [5, 5.41) is 3.31. The highest BCUT2D eigenvalue weighted by Gasteiger charge is 2.16. The second kappa shape index (κ2) is 7.42. The Morgan fingerprint density at radius 1 is 1.43 bits per heavy atom. The smallest absolute Gasteiger partial charge is 0.224 e. The molecule has 1 saturated heterocycles. The van der Waals surface area contributed by atoms with Gasteiger partial charge in [0.15, 0.2) is 0 Å². The van der Waals surface area contributed by atoms with Crippen LogP contribution < -0.4 is 10.2 Å². The quantitative estimate of drug-likeness (QED) is 0.738. The summed E-state index contributed by atoms with van der Waals surface area (Å²) in [6.07, 6.45) is 2.39. The molecule has 0 radical (unpaired) electrons. The van der Waals surface area contributed by atoms with Crippen molar-refractivity contribution in [2.75, 3.05) is 51.8 Å². The van der Waals surface area contributed by atoms with E-state index in [1.807, 2.05) is 37.1 Å². The molecule has 118 valence electrons. The van der Waals surface area contributed by atoms with Crippen LogP contribution in [0.15, 0.2) is 6.20 Å². The van der Waals surface area contributed by atoms with Gasteiger partial charge in [-0.1, -0.05) is 0 Å². The highest BCUT2D eigenvalue weighted by molar-refractivity contribution is 5.76. The van der Waals surface area contributed by atoms with Gasteiger partial charge in [-0.15, -0.1) is 0 Å². The van der Waals surface area contributed by atoms with E-state index >= 15 is 0 Å². The van der Waals surface area contributed by atoms with Gasteiger partial charge in [0.25, 0.3) is 0 Å². The first-order valence-corrected chi connectivity index (χ1v) is 7.33. The fourth-order valence-electron chi connectivity index (χ4n) is 2.40. The van der Waals surface area contributed by atoms with Gasteiger partial charge >= 0.3 is 0 Å². The van der Waals surface area contributed by atoms with E-state index in [1.165, 1.54) is 0 Å². The van der Waals surface area contributed by atoms with Gasteiger partial charge in [0.1, 0.15) is 0 Å². The van der Waals surface area contributed by atoms with Crippen molar-refractivity contribution in [1.82, 2.24) is 19.8 Å². The third kappa shape index (κ3) is 4.18. The Bertz CT molecular complexity index is 466. The fourth-order valence-corrected chi connectivity index (χ4v) is 2.40. The molecular formula is C14H25N5O2. The van der Waals surface area contributed by atoms with Crippen LogP contribution in [0.4, 0.5) is 5.95 Å². The van der Waals surface area contributed by atoms with E-state index in [2.05, 4.69) is 14.9 Å². The molecular weight excluding hydrogens is 270 g/mol. The van der Waals surface area contributed by atoms with Crippen LogP contribution in [0.2, 0.25) is 0 Å². The van der Waals surface area contributed by atoms with Crippen LogP contribution in [0, 0.1) is 0 Å². The van der Waals surface area contributed by atoms with Crippen molar-refractivity contribution in [2.45, 2.75) is 13.0 Å². The molecule has 2 heterocycles. The van der Waals surface area contributed by atoms with Gasteiger partial charge in [0, 0.05) is 53.7 Å². The predicted octanol–water partition coefficient (Wildman–Crippen LogP) is -0.175. The van der Waals surface area contributed by atoms with Gasteiger partial charge in [-0.05, 0) is 0 Å². The summed E-state index contributed by atoms with van der Waals surface area (Å²) in [6.45, 7) is 4.13. The minimum Gasteiger partial charge on any atom is -0.378 e. The van der Waals surface area contributed by atoms with Crippen LogP contribution in [0.3, 0.4) is 0 Å². The Hall–Kier alpha value is -1.60. The maximum Gasteiger partial charge on any atom is 0.224 e. The summed E-state index contributed by atoms with van der Waals surface area (Å²) in [6, 6.07) is 0. The molecule has 7 heteroatoms. The van der Waals surface area contributed by atoms with Gasteiger partial charge in [0.2, 0.25) is 11.9 Å². The molecule has 0 aromatic carbocycles. The first kappa shape index (κ1) is 15.8. The number of nitrogens with one attached hydrogen (secondary N) is 1. The van der Waals surface area contributed by atoms with Crippen molar-refractivity contribution < 1.29 is 9.53 Å². The standard InChI is InChI=1S/C14H25N5O2/c1-17(2)14-16-11-12(18(14)3)10-15-5-4-13(20)19-6-8-21-9-7-19/h11,15H,4-10H2,1-3H3. The largest absolute Gasteiger partial charge is 0.378 e. The van der Waals surface area contributed by atoms with E-state index in [0.717, 1.165) is 11.6 Å². The number of hydrogen-bond donors (Lipinski definition) is 1. The Morgan fingerprint density at radius 2 is 2.14 bits per heavy atom.